The second-order valence-corrected chi connectivity index (χ2v) is 4.77. The molecular weight excluding hydrogens is 276 g/mol. The van der Waals surface area contributed by atoms with E-state index in [2.05, 4.69) is 5.32 Å². The molecule has 0 aliphatic heterocycles. The standard InChI is InChI=1S/C16H15F2NO2/c1-10-2-4-11(5-3-10)16(21)19-9-15(20)12-6-7-13(17)14(18)8-12/h2-8,15,20H,9H2,1H3,(H,19,21)/t15-/m0/s1. The Hall–Kier alpha value is -2.27. The monoisotopic (exact) mass is 291 g/mol. The zero-order valence-corrected chi connectivity index (χ0v) is 11.4. The maximum absolute atomic E-state index is 13.1. The largest absolute Gasteiger partial charge is 0.387 e. The maximum atomic E-state index is 13.1. The predicted molar refractivity (Wildman–Crippen MR) is 74.8 cm³/mol. The molecule has 3 nitrogen and oxygen atoms in total. The predicted octanol–water partition coefficient (Wildman–Crippen LogP) is 2.74. The van der Waals surface area contributed by atoms with Crippen LogP contribution in [0.15, 0.2) is 42.5 Å². The first kappa shape index (κ1) is 15.1. The summed E-state index contributed by atoms with van der Waals surface area (Å²) in [6.07, 6.45) is -1.10. The van der Waals surface area contributed by atoms with E-state index in [1.807, 2.05) is 6.92 Å². The van der Waals surface area contributed by atoms with E-state index in [-0.39, 0.29) is 18.0 Å². The van der Waals surface area contributed by atoms with E-state index in [9.17, 15) is 18.7 Å². The molecule has 0 radical (unpaired) electrons. The topological polar surface area (TPSA) is 49.3 Å². The number of hydrogen-bond acceptors (Lipinski definition) is 2. The number of carbonyl (C=O) groups excluding carboxylic acids is 1. The highest BCUT2D eigenvalue weighted by atomic mass is 19.2. The van der Waals surface area contributed by atoms with E-state index in [4.69, 9.17) is 0 Å². The summed E-state index contributed by atoms with van der Waals surface area (Å²) in [7, 11) is 0. The van der Waals surface area contributed by atoms with Gasteiger partial charge in [-0.05, 0) is 36.8 Å². The van der Waals surface area contributed by atoms with E-state index in [1.165, 1.54) is 6.07 Å². The van der Waals surface area contributed by atoms with Gasteiger partial charge in [-0.1, -0.05) is 23.8 Å². The van der Waals surface area contributed by atoms with Gasteiger partial charge in [-0.15, -0.1) is 0 Å². The van der Waals surface area contributed by atoms with Gasteiger partial charge in [0.25, 0.3) is 5.91 Å². The van der Waals surface area contributed by atoms with Gasteiger partial charge in [0, 0.05) is 12.1 Å². The summed E-state index contributed by atoms with van der Waals surface area (Å²) in [5, 5.41) is 12.4. The van der Waals surface area contributed by atoms with Crippen molar-refractivity contribution in [2.75, 3.05) is 6.54 Å². The van der Waals surface area contributed by atoms with E-state index in [0.29, 0.717) is 5.56 Å². The Morgan fingerprint density at radius 2 is 1.81 bits per heavy atom. The van der Waals surface area contributed by atoms with Crippen molar-refractivity contribution in [2.24, 2.45) is 0 Å². The lowest BCUT2D eigenvalue weighted by Crippen LogP contribution is -2.28. The quantitative estimate of drug-likeness (QED) is 0.910. The molecule has 0 bridgehead atoms. The molecular formula is C16H15F2NO2. The minimum Gasteiger partial charge on any atom is -0.387 e. The number of aliphatic hydroxyl groups is 1. The van der Waals surface area contributed by atoms with Crippen LogP contribution in [0.25, 0.3) is 0 Å². The summed E-state index contributed by atoms with van der Waals surface area (Å²) in [5.41, 5.74) is 1.71. The Balaban J connectivity index is 1.97. The first-order valence-electron chi connectivity index (χ1n) is 6.45. The third kappa shape index (κ3) is 3.86. The third-order valence-electron chi connectivity index (χ3n) is 3.10. The van der Waals surface area contributed by atoms with Crippen LogP contribution in [0.2, 0.25) is 0 Å². The molecule has 1 amide bonds. The Kier molecular flexibility index (Phi) is 4.65. The van der Waals surface area contributed by atoms with Crippen LogP contribution in [0.4, 0.5) is 8.78 Å². The Bertz CT molecular complexity index is 641. The molecule has 21 heavy (non-hydrogen) atoms. The van der Waals surface area contributed by atoms with Crippen molar-refractivity contribution in [3.05, 3.63) is 70.8 Å². The second-order valence-electron chi connectivity index (χ2n) is 4.77. The van der Waals surface area contributed by atoms with Gasteiger partial charge in [0.05, 0.1) is 6.10 Å². The Morgan fingerprint density at radius 1 is 1.14 bits per heavy atom. The highest BCUT2D eigenvalue weighted by Crippen LogP contribution is 2.15. The molecule has 2 aromatic carbocycles. The fraction of sp³-hybridized carbons (Fsp3) is 0.188. The van der Waals surface area contributed by atoms with Crippen LogP contribution in [0.3, 0.4) is 0 Å². The van der Waals surface area contributed by atoms with Gasteiger partial charge in [-0.25, -0.2) is 8.78 Å². The highest BCUT2D eigenvalue weighted by Gasteiger charge is 2.13. The van der Waals surface area contributed by atoms with Crippen LogP contribution in [-0.2, 0) is 0 Å². The smallest absolute Gasteiger partial charge is 0.251 e. The zero-order valence-electron chi connectivity index (χ0n) is 11.4. The van der Waals surface area contributed by atoms with Crippen LogP contribution in [0.5, 0.6) is 0 Å². The van der Waals surface area contributed by atoms with Crippen LogP contribution in [0, 0.1) is 18.6 Å². The Labute approximate surface area is 121 Å². The van der Waals surface area contributed by atoms with Gasteiger partial charge in [-0.3, -0.25) is 4.79 Å². The normalized spacial score (nSPS) is 12.0. The molecule has 0 unspecified atom stereocenters. The van der Waals surface area contributed by atoms with Crippen LogP contribution >= 0.6 is 0 Å². The van der Waals surface area contributed by atoms with Gasteiger partial charge < -0.3 is 10.4 Å². The summed E-state index contributed by atoms with van der Waals surface area (Å²) in [4.78, 5) is 11.9. The van der Waals surface area contributed by atoms with Crippen molar-refractivity contribution in [1.29, 1.82) is 0 Å². The molecule has 0 saturated heterocycles. The molecule has 0 spiro atoms. The van der Waals surface area contributed by atoms with Crippen LogP contribution in [-0.4, -0.2) is 17.6 Å². The van der Waals surface area contributed by atoms with Gasteiger partial charge in [0.1, 0.15) is 0 Å². The number of nitrogens with one attached hydrogen (secondary N) is 1. The lowest BCUT2D eigenvalue weighted by atomic mass is 10.1. The van der Waals surface area contributed by atoms with E-state index < -0.39 is 17.7 Å². The van der Waals surface area contributed by atoms with Crippen molar-refractivity contribution < 1.29 is 18.7 Å². The maximum Gasteiger partial charge on any atom is 0.251 e. The van der Waals surface area contributed by atoms with Crippen molar-refractivity contribution in [2.45, 2.75) is 13.0 Å². The number of benzene rings is 2. The molecule has 0 saturated carbocycles. The molecule has 110 valence electrons. The first-order valence-corrected chi connectivity index (χ1v) is 6.45. The number of amides is 1. The minimum absolute atomic E-state index is 0.0855. The summed E-state index contributed by atoms with van der Waals surface area (Å²) >= 11 is 0. The van der Waals surface area contributed by atoms with E-state index >= 15 is 0 Å². The average Bonchev–Trinajstić information content (AvgIpc) is 2.48. The molecule has 0 heterocycles. The molecule has 2 rings (SSSR count). The molecule has 1 atom stereocenters. The SMILES string of the molecule is Cc1ccc(C(=O)NC[C@H](O)c2ccc(F)c(F)c2)cc1. The summed E-state index contributed by atoms with van der Waals surface area (Å²) < 4.78 is 25.9. The highest BCUT2D eigenvalue weighted by molar-refractivity contribution is 5.94. The van der Waals surface area contributed by atoms with Crippen LogP contribution < -0.4 is 5.32 Å². The van der Waals surface area contributed by atoms with Gasteiger partial charge in [0.15, 0.2) is 11.6 Å². The van der Waals surface area contributed by atoms with Crippen LogP contribution in [0.1, 0.15) is 27.6 Å². The van der Waals surface area contributed by atoms with Gasteiger partial charge >= 0.3 is 0 Å². The number of halogens is 2. The number of aryl methyl sites for hydroxylation is 1. The fourth-order valence-corrected chi connectivity index (χ4v) is 1.83. The zero-order chi connectivity index (χ0) is 15.4. The fourth-order valence-electron chi connectivity index (χ4n) is 1.83. The molecule has 0 fully saturated rings. The minimum atomic E-state index is -1.10. The second kappa shape index (κ2) is 6.45. The van der Waals surface area contributed by atoms with Crippen molar-refractivity contribution in [3.63, 3.8) is 0 Å². The number of aliphatic hydroxyl groups excluding tert-OH is 1. The number of hydrogen-bond donors (Lipinski definition) is 2. The van der Waals surface area contributed by atoms with Crippen molar-refractivity contribution in [3.8, 4) is 0 Å². The lowest BCUT2D eigenvalue weighted by molar-refractivity contribution is 0.0916. The molecule has 0 aliphatic carbocycles. The molecule has 2 N–H and O–H groups in total. The summed E-state index contributed by atoms with van der Waals surface area (Å²) in [6, 6.07) is 10.1. The Morgan fingerprint density at radius 3 is 2.43 bits per heavy atom. The number of rotatable bonds is 4. The van der Waals surface area contributed by atoms with Crippen molar-refractivity contribution in [1.82, 2.24) is 5.32 Å². The van der Waals surface area contributed by atoms with Gasteiger partial charge in [0.2, 0.25) is 0 Å². The first-order chi connectivity index (χ1) is 9.97. The van der Waals surface area contributed by atoms with Crippen molar-refractivity contribution >= 4 is 5.91 Å². The van der Waals surface area contributed by atoms with E-state index in [0.717, 1.165) is 17.7 Å². The molecule has 2 aromatic rings. The summed E-state index contributed by atoms with van der Waals surface area (Å²) in [6.45, 7) is 1.83. The average molecular weight is 291 g/mol. The molecule has 0 aliphatic rings. The van der Waals surface area contributed by atoms with E-state index in [1.54, 1.807) is 24.3 Å². The summed E-state index contributed by atoms with van der Waals surface area (Å²) in [5.74, 6) is -2.34. The van der Waals surface area contributed by atoms with Gasteiger partial charge in [-0.2, -0.15) is 0 Å². The third-order valence-corrected chi connectivity index (χ3v) is 3.10. The lowest BCUT2D eigenvalue weighted by Gasteiger charge is -2.12. The molecule has 5 heteroatoms. The number of carbonyl (C=O) groups is 1. The molecule has 0 aromatic heterocycles.